The highest BCUT2D eigenvalue weighted by atomic mass is 19.3. The summed E-state index contributed by atoms with van der Waals surface area (Å²) in [5, 5.41) is 11.2. The molecule has 3 aliphatic heterocycles. The van der Waals surface area contributed by atoms with E-state index in [0.29, 0.717) is 18.4 Å². The van der Waals surface area contributed by atoms with Crippen molar-refractivity contribution >= 4 is 27.5 Å². The molecule has 3 fully saturated rings. The van der Waals surface area contributed by atoms with Gasteiger partial charge in [-0.15, -0.1) is 6.42 Å². The molecule has 0 amide bonds. The average molecular weight is 624 g/mol. The van der Waals surface area contributed by atoms with Gasteiger partial charge in [-0.2, -0.15) is 9.97 Å². The van der Waals surface area contributed by atoms with Crippen molar-refractivity contribution < 1.29 is 31.8 Å². The van der Waals surface area contributed by atoms with Crippen LogP contribution in [0.2, 0.25) is 0 Å². The van der Waals surface area contributed by atoms with Crippen molar-refractivity contribution in [3.63, 3.8) is 0 Å². The van der Waals surface area contributed by atoms with Crippen LogP contribution in [0.4, 0.5) is 27.8 Å². The Kier molecular flexibility index (Phi) is 7.19. The Balaban J connectivity index is 1.38. The standard InChI is InChI=1S/C33H30F5N5O2/c1-2-22-25(35)6-5-19-13-21(44)14-23(26(19)22)28-27(36)29-24(16-39-28)30(42-10-4-8-33(37,38)9-12-42)41-31(40-29)45-18-32-7-3-11-43(32)17-20(34)15-32/h1,5-6,13-14,16,20,44H,3-4,7-12,15,17-18H2/t20-,32+/m1/s1. The van der Waals surface area contributed by atoms with Gasteiger partial charge in [-0.25, -0.2) is 22.0 Å². The molecule has 3 aliphatic rings. The Morgan fingerprint density at radius 3 is 2.71 bits per heavy atom. The summed E-state index contributed by atoms with van der Waals surface area (Å²) in [5.74, 6) is -2.16. The van der Waals surface area contributed by atoms with E-state index in [-0.39, 0.29) is 83.2 Å². The van der Waals surface area contributed by atoms with E-state index < -0.39 is 35.7 Å². The largest absolute Gasteiger partial charge is 0.508 e. The molecule has 45 heavy (non-hydrogen) atoms. The second kappa shape index (κ2) is 11.0. The van der Waals surface area contributed by atoms with Crippen LogP contribution in [0.3, 0.4) is 0 Å². The molecule has 12 heteroatoms. The second-order valence-corrected chi connectivity index (χ2v) is 12.2. The number of benzene rings is 2. The van der Waals surface area contributed by atoms with Gasteiger partial charge < -0.3 is 14.7 Å². The number of nitrogens with zero attached hydrogens (tertiary/aromatic N) is 5. The molecule has 2 aromatic carbocycles. The molecule has 2 aromatic heterocycles. The number of anilines is 1. The zero-order valence-corrected chi connectivity index (χ0v) is 24.3. The predicted octanol–water partition coefficient (Wildman–Crippen LogP) is 6.39. The molecule has 7 nitrogen and oxygen atoms in total. The first kappa shape index (κ1) is 29.5. The molecule has 7 rings (SSSR count). The van der Waals surface area contributed by atoms with Gasteiger partial charge in [0.25, 0.3) is 0 Å². The van der Waals surface area contributed by atoms with Gasteiger partial charge in [0.05, 0.1) is 16.5 Å². The molecule has 3 saturated heterocycles. The van der Waals surface area contributed by atoms with Crippen LogP contribution in [-0.4, -0.2) is 75.4 Å². The van der Waals surface area contributed by atoms with Gasteiger partial charge in [-0.1, -0.05) is 12.0 Å². The fourth-order valence-electron chi connectivity index (χ4n) is 7.19. The third kappa shape index (κ3) is 5.17. The summed E-state index contributed by atoms with van der Waals surface area (Å²) >= 11 is 0. The Hall–Kier alpha value is -4.24. The lowest BCUT2D eigenvalue weighted by atomic mass is 9.95. The van der Waals surface area contributed by atoms with Gasteiger partial charge in [-0.05, 0) is 49.4 Å². The van der Waals surface area contributed by atoms with E-state index in [1.165, 1.54) is 30.5 Å². The first-order valence-corrected chi connectivity index (χ1v) is 15.0. The van der Waals surface area contributed by atoms with Crippen molar-refractivity contribution in [2.75, 3.05) is 37.7 Å². The molecule has 4 aromatic rings. The minimum atomic E-state index is -2.84. The van der Waals surface area contributed by atoms with Crippen molar-refractivity contribution in [3.8, 4) is 35.4 Å². The zero-order chi connectivity index (χ0) is 31.5. The van der Waals surface area contributed by atoms with Gasteiger partial charge >= 0.3 is 6.01 Å². The smallest absolute Gasteiger partial charge is 0.319 e. The molecule has 5 heterocycles. The van der Waals surface area contributed by atoms with Crippen LogP contribution in [0.1, 0.15) is 44.1 Å². The molecule has 0 spiro atoms. The van der Waals surface area contributed by atoms with Gasteiger partial charge in [0.15, 0.2) is 5.82 Å². The number of hydrogen-bond donors (Lipinski definition) is 1. The second-order valence-electron chi connectivity index (χ2n) is 12.2. The van der Waals surface area contributed by atoms with Crippen LogP contribution in [0.5, 0.6) is 11.8 Å². The minimum Gasteiger partial charge on any atom is -0.508 e. The number of terminal acetylenes is 1. The summed E-state index contributed by atoms with van der Waals surface area (Å²) in [6, 6.07) is 5.04. The fourth-order valence-corrected chi connectivity index (χ4v) is 7.19. The molecule has 234 valence electrons. The third-order valence-electron chi connectivity index (χ3n) is 9.34. The van der Waals surface area contributed by atoms with Gasteiger partial charge in [-0.3, -0.25) is 9.88 Å². The number of fused-ring (bicyclic) bond motifs is 3. The molecule has 0 unspecified atom stereocenters. The highest BCUT2D eigenvalue weighted by Gasteiger charge is 2.49. The van der Waals surface area contributed by atoms with Crippen molar-refractivity contribution in [1.29, 1.82) is 0 Å². The molecular formula is C33H30F5N5O2. The number of pyridine rings is 1. The van der Waals surface area contributed by atoms with Crippen molar-refractivity contribution in [2.45, 2.75) is 56.2 Å². The summed E-state index contributed by atoms with van der Waals surface area (Å²) in [5.41, 5.74) is -1.04. The number of alkyl halides is 3. The lowest BCUT2D eigenvalue weighted by molar-refractivity contribution is -0.0102. The average Bonchev–Trinajstić information content (AvgIpc) is 3.46. The summed E-state index contributed by atoms with van der Waals surface area (Å²) < 4.78 is 80.5. The van der Waals surface area contributed by atoms with Crippen LogP contribution in [0, 0.1) is 24.0 Å². The molecule has 0 saturated carbocycles. The normalized spacial score (nSPS) is 23.3. The predicted molar refractivity (Wildman–Crippen MR) is 159 cm³/mol. The van der Waals surface area contributed by atoms with Gasteiger partial charge in [0.2, 0.25) is 5.92 Å². The molecule has 0 aliphatic carbocycles. The van der Waals surface area contributed by atoms with Crippen LogP contribution < -0.4 is 9.64 Å². The van der Waals surface area contributed by atoms with Crippen LogP contribution in [-0.2, 0) is 0 Å². The van der Waals surface area contributed by atoms with Crippen molar-refractivity contribution in [1.82, 2.24) is 19.9 Å². The number of aromatic nitrogens is 3. The Labute approximate surface area is 256 Å². The Morgan fingerprint density at radius 2 is 1.89 bits per heavy atom. The Bertz CT molecular complexity index is 1860. The summed E-state index contributed by atoms with van der Waals surface area (Å²) in [7, 11) is 0. The van der Waals surface area contributed by atoms with Gasteiger partial charge in [0, 0.05) is 56.0 Å². The fraction of sp³-hybridized carbons (Fsp3) is 0.424. The third-order valence-corrected chi connectivity index (χ3v) is 9.34. The molecular weight excluding hydrogens is 593 g/mol. The highest BCUT2D eigenvalue weighted by Crippen LogP contribution is 2.42. The SMILES string of the molecule is C#Cc1c(F)ccc2cc(O)cc(-c3ncc4c(N5CCCC(F)(F)CC5)nc(OC[C@@]56CCCN5C[C@H](F)C6)nc4c3F)c12. The quantitative estimate of drug-likeness (QED) is 0.204. The van der Waals surface area contributed by atoms with E-state index in [4.69, 9.17) is 11.2 Å². The molecule has 0 radical (unpaired) electrons. The highest BCUT2D eigenvalue weighted by molar-refractivity contribution is 6.03. The number of rotatable bonds is 5. The lowest BCUT2D eigenvalue weighted by Crippen LogP contribution is -2.43. The van der Waals surface area contributed by atoms with Crippen LogP contribution in [0.25, 0.3) is 32.9 Å². The zero-order valence-electron chi connectivity index (χ0n) is 24.3. The number of halogens is 5. The molecule has 1 N–H and O–H groups in total. The number of phenols is 1. The minimum absolute atomic E-state index is 0.0365. The summed E-state index contributed by atoms with van der Waals surface area (Å²) in [4.78, 5) is 17.0. The van der Waals surface area contributed by atoms with E-state index in [1.54, 1.807) is 4.90 Å². The van der Waals surface area contributed by atoms with E-state index in [1.807, 2.05) is 0 Å². The summed E-state index contributed by atoms with van der Waals surface area (Å²) in [6.45, 7) is 1.35. The van der Waals surface area contributed by atoms with Crippen LogP contribution >= 0.6 is 0 Å². The molecule has 2 atom stereocenters. The topological polar surface area (TPSA) is 74.6 Å². The number of phenolic OH excluding ortho intramolecular Hbond substituents is 1. The van der Waals surface area contributed by atoms with Crippen molar-refractivity contribution in [2.24, 2.45) is 0 Å². The van der Waals surface area contributed by atoms with E-state index in [2.05, 4.69) is 25.8 Å². The Morgan fingerprint density at radius 1 is 1.07 bits per heavy atom. The number of hydrogen-bond acceptors (Lipinski definition) is 7. The number of aromatic hydroxyl groups is 1. The van der Waals surface area contributed by atoms with Crippen LogP contribution in [0.15, 0.2) is 30.5 Å². The summed E-state index contributed by atoms with van der Waals surface area (Å²) in [6.07, 6.45) is 7.40. The van der Waals surface area contributed by atoms with E-state index in [0.717, 1.165) is 19.4 Å². The maximum Gasteiger partial charge on any atom is 0.319 e. The first-order valence-electron chi connectivity index (χ1n) is 15.0. The number of ether oxygens (including phenoxy) is 1. The first-order chi connectivity index (χ1) is 21.6. The van der Waals surface area contributed by atoms with Gasteiger partial charge in [0.1, 0.15) is 41.4 Å². The van der Waals surface area contributed by atoms with E-state index >= 15 is 4.39 Å². The van der Waals surface area contributed by atoms with Crippen molar-refractivity contribution in [3.05, 3.63) is 47.7 Å². The molecule has 0 bridgehead atoms. The lowest BCUT2D eigenvalue weighted by Gasteiger charge is -2.31. The monoisotopic (exact) mass is 623 g/mol. The maximum absolute atomic E-state index is 16.7. The van der Waals surface area contributed by atoms with E-state index in [9.17, 15) is 22.7 Å². The maximum atomic E-state index is 16.7.